The number of hydrogen-bond donors (Lipinski definition) is 1. The molecule has 1 aromatic rings. The minimum absolute atomic E-state index is 0.0362. The molecule has 0 spiro atoms. The van der Waals surface area contributed by atoms with Crippen molar-refractivity contribution in [2.45, 2.75) is 32.2 Å². The first kappa shape index (κ1) is 12.9. The molecule has 0 fully saturated rings. The lowest BCUT2D eigenvalue weighted by molar-refractivity contribution is -0.159. The molecule has 2 N–H and O–H groups in total. The summed E-state index contributed by atoms with van der Waals surface area (Å²) < 4.78 is 45.5. The van der Waals surface area contributed by atoms with Crippen molar-refractivity contribution in [2.75, 3.05) is 6.61 Å². The summed E-state index contributed by atoms with van der Waals surface area (Å²) in [6.45, 7) is 3.60. The highest BCUT2D eigenvalue weighted by molar-refractivity contribution is 4.95. The van der Waals surface area contributed by atoms with Crippen LogP contribution in [-0.4, -0.2) is 22.9 Å². The second-order valence-corrected chi connectivity index (χ2v) is 3.44. The van der Waals surface area contributed by atoms with Gasteiger partial charge in [-0.05, 0) is 13.8 Å². The molecular weight excluding hydrogens is 227 g/mol. The third kappa shape index (κ3) is 3.46. The summed E-state index contributed by atoms with van der Waals surface area (Å²) in [6, 6.07) is -0.831. The Morgan fingerprint density at radius 2 is 2.06 bits per heavy atom. The van der Waals surface area contributed by atoms with Crippen molar-refractivity contribution >= 4 is 0 Å². The van der Waals surface area contributed by atoms with Gasteiger partial charge in [0.05, 0.1) is 18.8 Å². The van der Waals surface area contributed by atoms with Gasteiger partial charge in [0, 0.05) is 0 Å². The molecule has 0 aromatic carbocycles. The van der Waals surface area contributed by atoms with Crippen molar-refractivity contribution in [3.8, 4) is 0 Å². The van der Waals surface area contributed by atoms with E-state index >= 15 is 0 Å². The normalized spacial score (nSPS) is 14.4. The molecule has 1 rings (SSSR count). The number of hydrogen-bond acceptors (Lipinski definition) is 5. The minimum Gasteiger partial charge on any atom is -0.377 e. The van der Waals surface area contributed by atoms with Crippen LogP contribution in [0.2, 0.25) is 0 Å². The molecule has 1 aromatic heterocycles. The highest BCUT2D eigenvalue weighted by Gasteiger charge is 2.38. The molecule has 1 atom stereocenters. The molecule has 1 unspecified atom stereocenters. The summed E-state index contributed by atoms with van der Waals surface area (Å²) in [6.07, 6.45) is -4.72. The topological polar surface area (TPSA) is 74.2 Å². The van der Waals surface area contributed by atoms with E-state index in [1.165, 1.54) is 0 Å². The Balaban J connectivity index is 2.63. The van der Waals surface area contributed by atoms with Crippen molar-refractivity contribution < 1.29 is 22.4 Å². The maximum Gasteiger partial charge on any atom is 0.471 e. The number of nitrogens with zero attached hydrogens (tertiary/aromatic N) is 2. The first-order valence-corrected chi connectivity index (χ1v) is 4.58. The Kier molecular flexibility index (Phi) is 3.87. The number of aromatic nitrogens is 2. The van der Waals surface area contributed by atoms with Crippen LogP contribution in [0.4, 0.5) is 13.2 Å². The molecule has 0 aliphatic rings. The van der Waals surface area contributed by atoms with Gasteiger partial charge in [0.1, 0.15) is 0 Å². The van der Waals surface area contributed by atoms with E-state index in [4.69, 9.17) is 10.5 Å². The fourth-order valence-corrected chi connectivity index (χ4v) is 0.871. The Bertz CT molecular complexity index is 338. The summed E-state index contributed by atoms with van der Waals surface area (Å²) in [5, 5.41) is 3.15. The van der Waals surface area contributed by atoms with Crippen LogP contribution in [-0.2, 0) is 10.9 Å². The maximum atomic E-state index is 12.1. The molecule has 0 aliphatic carbocycles. The zero-order chi connectivity index (χ0) is 12.3. The average molecular weight is 239 g/mol. The highest BCUT2D eigenvalue weighted by atomic mass is 19.4. The van der Waals surface area contributed by atoms with E-state index in [0.29, 0.717) is 0 Å². The predicted molar refractivity (Wildman–Crippen MR) is 47.3 cm³/mol. The third-order valence-electron chi connectivity index (χ3n) is 1.62. The van der Waals surface area contributed by atoms with Crippen molar-refractivity contribution in [3.63, 3.8) is 0 Å². The lowest BCUT2D eigenvalue weighted by Gasteiger charge is -2.10. The Labute approximate surface area is 89.8 Å². The molecule has 16 heavy (non-hydrogen) atoms. The van der Waals surface area contributed by atoms with Crippen molar-refractivity contribution in [3.05, 3.63) is 11.7 Å². The average Bonchev–Trinajstić information content (AvgIpc) is 2.61. The first-order valence-electron chi connectivity index (χ1n) is 4.58. The largest absolute Gasteiger partial charge is 0.471 e. The van der Waals surface area contributed by atoms with Gasteiger partial charge in [-0.2, -0.15) is 18.2 Å². The van der Waals surface area contributed by atoms with Gasteiger partial charge in [0.15, 0.2) is 5.82 Å². The number of halogens is 3. The van der Waals surface area contributed by atoms with Crippen LogP contribution in [0.5, 0.6) is 0 Å². The first-order chi connectivity index (χ1) is 7.30. The van der Waals surface area contributed by atoms with E-state index in [1.807, 2.05) is 0 Å². The number of nitrogens with two attached hydrogens (primary N) is 1. The molecule has 5 nitrogen and oxygen atoms in total. The summed E-state index contributed by atoms with van der Waals surface area (Å²) in [7, 11) is 0. The van der Waals surface area contributed by atoms with Crippen LogP contribution >= 0.6 is 0 Å². The van der Waals surface area contributed by atoms with E-state index < -0.39 is 18.1 Å². The van der Waals surface area contributed by atoms with Gasteiger partial charge in [0.25, 0.3) is 0 Å². The lowest BCUT2D eigenvalue weighted by atomic mass is 10.3. The predicted octanol–water partition coefficient (Wildman–Crippen LogP) is 1.51. The second kappa shape index (κ2) is 4.79. The number of rotatable bonds is 4. The van der Waals surface area contributed by atoms with E-state index in [0.717, 1.165) is 0 Å². The van der Waals surface area contributed by atoms with Crippen LogP contribution in [0.3, 0.4) is 0 Å². The lowest BCUT2D eigenvalue weighted by Crippen LogP contribution is -2.21. The monoisotopic (exact) mass is 239 g/mol. The summed E-state index contributed by atoms with van der Waals surface area (Å²) in [5.74, 6) is -1.62. The van der Waals surface area contributed by atoms with Crippen LogP contribution in [0.1, 0.15) is 31.6 Å². The molecule has 0 bridgehead atoms. The van der Waals surface area contributed by atoms with Gasteiger partial charge >= 0.3 is 12.1 Å². The van der Waals surface area contributed by atoms with Crippen LogP contribution < -0.4 is 5.73 Å². The van der Waals surface area contributed by atoms with Crippen LogP contribution in [0.15, 0.2) is 4.52 Å². The summed E-state index contributed by atoms with van der Waals surface area (Å²) >= 11 is 0. The number of alkyl halides is 3. The maximum absolute atomic E-state index is 12.1. The summed E-state index contributed by atoms with van der Waals surface area (Å²) in [5.41, 5.74) is 5.52. The van der Waals surface area contributed by atoms with Gasteiger partial charge in [0.2, 0.25) is 0 Å². The van der Waals surface area contributed by atoms with Gasteiger partial charge in [-0.1, -0.05) is 5.16 Å². The zero-order valence-corrected chi connectivity index (χ0v) is 8.78. The molecular formula is C8H12F3N3O2. The zero-order valence-electron chi connectivity index (χ0n) is 8.78. The van der Waals surface area contributed by atoms with Crippen LogP contribution in [0, 0.1) is 0 Å². The Hall–Kier alpha value is -1.15. The SMILES string of the molecule is CC(C)OCC(N)c1noc(C(F)(F)F)n1. The molecule has 0 radical (unpaired) electrons. The molecule has 92 valence electrons. The number of ether oxygens (including phenoxy) is 1. The van der Waals surface area contributed by atoms with Gasteiger partial charge in [-0.25, -0.2) is 0 Å². The van der Waals surface area contributed by atoms with Crippen LogP contribution in [0.25, 0.3) is 0 Å². The molecule has 0 saturated carbocycles. The van der Waals surface area contributed by atoms with E-state index in [1.54, 1.807) is 13.8 Å². The highest BCUT2D eigenvalue weighted by Crippen LogP contribution is 2.27. The quantitative estimate of drug-likeness (QED) is 0.862. The molecule has 0 saturated heterocycles. The molecule has 0 aliphatic heterocycles. The van der Waals surface area contributed by atoms with E-state index in [9.17, 15) is 13.2 Å². The third-order valence-corrected chi connectivity index (χ3v) is 1.62. The van der Waals surface area contributed by atoms with Gasteiger partial charge in [-0.15, -0.1) is 0 Å². The van der Waals surface area contributed by atoms with Gasteiger partial charge in [-0.3, -0.25) is 0 Å². The van der Waals surface area contributed by atoms with Crippen molar-refractivity contribution in [1.82, 2.24) is 10.1 Å². The molecule has 0 amide bonds. The molecule has 8 heteroatoms. The minimum atomic E-state index is -4.65. The van der Waals surface area contributed by atoms with E-state index in [-0.39, 0.29) is 18.5 Å². The van der Waals surface area contributed by atoms with Crippen molar-refractivity contribution in [2.24, 2.45) is 5.73 Å². The van der Waals surface area contributed by atoms with Crippen molar-refractivity contribution in [1.29, 1.82) is 0 Å². The smallest absolute Gasteiger partial charge is 0.377 e. The Morgan fingerprint density at radius 3 is 2.50 bits per heavy atom. The van der Waals surface area contributed by atoms with E-state index in [2.05, 4.69) is 14.7 Å². The fraction of sp³-hybridized carbons (Fsp3) is 0.750. The fourth-order valence-electron chi connectivity index (χ4n) is 0.871. The summed E-state index contributed by atoms with van der Waals surface area (Å²) in [4.78, 5) is 3.15. The second-order valence-electron chi connectivity index (χ2n) is 3.44. The van der Waals surface area contributed by atoms with Gasteiger partial charge < -0.3 is 15.0 Å². The Morgan fingerprint density at radius 1 is 1.44 bits per heavy atom. The standard InChI is InChI=1S/C8H12F3N3O2/c1-4(2)15-3-5(12)6-13-7(16-14-6)8(9,10)11/h4-5H,3,12H2,1-2H3. The molecule has 1 heterocycles.